The predicted octanol–water partition coefficient (Wildman–Crippen LogP) is 1.06. The number of rotatable bonds is 4. The largest absolute Gasteiger partial charge is 0.368 e. The number of ether oxygens (including phenoxy) is 1. The predicted molar refractivity (Wildman–Crippen MR) is 72.2 cm³/mol. The number of nitrogens with one attached hydrogen (secondary N) is 1. The van der Waals surface area contributed by atoms with Crippen molar-refractivity contribution in [3.05, 3.63) is 42.5 Å². The van der Waals surface area contributed by atoms with Gasteiger partial charge in [0, 0.05) is 12.3 Å². The van der Waals surface area contributed by atoms with Crippen molar-refractivity contribution >= 4 is 5.91 Å². The molecule has 6 nitrogen and oxygen atoms in total. The van der Waals surface area contributed by atoms with E-state index in [4.69, 9.17) is 4.74 Å². The topological polar surface area (TPSA) is 69.0 Å². The van der Waals surface area contributed by atoms with Crippen molar-refractivity contribution < 1.29 is 9.53 Å². The zero-order chi connectivity index (χ0) is 13.8. The second-order valence-corrected chi connectivity index (χ2v) is 4.67. The van der Waals surface area contributed by atoms with Crippen LogP contribution in [0.15, 0.2) is 36.7 Å². The Morgan fingerprint density at radius 1 is 1.40 bits per heavy atom. The number of carbonyl (C=O) groups is 1. The van der Waals surface area contributed by atoms with Gasteiger partial charge in [-0.2, -0.15) is 0 Å². The number of amides is 1. The molecule has 1 atom stereocenters. The summed E-state index contributed by atoms with van der Waals surface area (Å²) in [6.45, 7) is 1.01. The van der Waals surface area contributed by atoms with Gasteiger partial charge in [0.15, 0.2) is 5.82 Å². The summed E-state index contributed by atoms with van der Waals surface area (Å²) in [6.07, 6.45) is 3.06. The first kappa shape index (κ1) is 12.8. The Labute approximate surface area is 116 Å². The number of hydrogen-bond donors (Lipinski definition) is 1. The van der Waals surface area contributed by atoms with Gasteiger partial charge in [-0.3, -0.25) is 9.36 Å². The molecule has 0 saturated carbocycles. The average Bonchev–Trinajstić information content (AvgIpc) is 3.17. The van der Waals surface area contributed by atoms with Gasteiger partial charge in [0.05, 0.1) is 6.54 Å². The number of nitrogens with zero attached hydrogens (tertiary/aromatic N) is 3. The molecule has 0 spiro atoms. The molecule has 20 heavy (non-hydrogen) atoms. The fraction of sp³-hybridized carbons (Fsp3) is 0.357. The Bertz CT molecular complexity index is 576. The molecule has 0 aliphatic carbocycles. The molecule has 1 aliphatic rings. The van der Waals surface area contributed by atoms with Gasteiger partial charge in [0.2, 0.25) is 5.91 Å². The normalized spacial score (nSPS) is 18.1. The van der Waals surface area contributed by atoms with Crippen molar-refractivity contribution in [1.82, 2.24) is 20.1 Å². The summed E-state index contributed by atoms with van der Waals surface area (Å²) in [6, 6.07) is 9.78. The Hall–Kier alpha value is -2.21. The van der Waals surface area contributed by atoms with Gasteiger partial charge in [0.1, 0.15) is 12.4 Å². The smallest absolute Gasteiger partial charge is 0.249 e. The summed E-state index contributed by atoms with van der Waals surface area (Å²) in [5.41, 5.74) is 0.971. The van der Waals surface area contributed by atoms with Crippen LogP contribution < -0.4 is 5.32 Å². The highest BCUT2D eigenvalue weighted by molar-refractivity contribution is 5.80. The van der Waals surface area contributed by atoms with E-state index in [0.29, 0.717) is 19.0 Å². The van der Waals surface area contributed by atoms with Crippen LogP contribution in [0.4, 0.5) is 0 Å². The van der Waals surface area contributed by atoms with Crippen LogP contribution in [0.3, 0.4) is 0 Å². The molecule has 2 aromatic rings. The summed E-state index contributed by atoms with van der Waals surface area (Å²) >= 11 is 0. The maximum atomic E-state index is 11.9. The molecule has 6 heteroatoms. The van der Waals surface area contributed by atoms with Gasteiger partial charge in [0.25, 0.3) is 0 Å². The summed E-state index contributed by atoms with van der Waals surface area (Å²) in [7, 11) is 0. The van der Waals surface area contributed by atoms with Crippen LogP contribution in [0.5, 0.6) is 0 Å². The van der Waals surface area contributed by atoms with Crippen LogP contribution >= 0.6 is 0 Å². The highest BCUT2D eigenvalue weighted by Crippen LogP contribution is 2.12. The molecular weight excluding hydrogens is 256 g/mol. The molecule has 0 radical (unpaired) electrons. The quantitative estimate of drug-likeness (QED) is 0.903. The fourth-order valence-corrected chi connectivity index (χ4v) is 2.25. The van der Waals surface area contributed by atoms with E-state index in [1.54, 1.807) is 6.33 Å². The Morgan fingerprint density at radius 3 is 3.00 bits per heavy atom. The molecule has 0 bridgehead atoms. The van der Waals surface area contributed by atoms with Gasteiger partial charge < -0.3 is 10.1 Å². The van der Waals surface area contributed by atoms with Gasteiger partial charge in [-0.05, 0) is 25.0 Å². The van der Waals surface area contributed by atoms with Gasteiger partial charge in [-0.1, -0.05) is 18.2 Å². The van der Waals surface area contributed by atoms with Crippen molar-refractivity contribution in [2.24, 2.45) is 0 Å². The first-order valence-corrected chi connectivity index (χ1v) is 6.68. The molecule has 0 unspecified atom stereocenters. The summed E-state index contributed by atoms with van der Waals surface area (Å²) in [4.78, 5) is 11.9. The molecular formula is C14H16N4O2. The third kappa shape index (κ3) is 2.70. The third-order valence-electron chi connectivity index (χ3n) is 3.30. The van der Waals surface area contributed by atoms with Crippen molar-refractivity contribution in [3.63, 3.8) is 0 Å². The maximum Gasteiger partial charge on any atom is 0.249 e. The molecule has 1 amide bonds. The van der Waals surface area contributed by atoms with Crippen LogP contribution in [0.2, 0.25) is 0 Å². The first-order chi connectivity index (χ1) is 9.84. The van der Waals surface area contributed by atoms with E-state index in [2.05, 4.69) is 15.5 Å². The zero-order valence-corrected chi connectivity index (χ0v) is 11.0. The van der Waals surface area contributed by atoms with E-state index in [1.165, 1.54) is 0 Å². The highest BCUT2D eigenvalue weighted by Gasteiger charge is 2.23. The minimum absolute atomic E-state index is 0.0786. The molecule has 1 aromatic heterocycles. The summed E-state index contributed by atoms with van der Waals surface area (Å²) in [5, 5.41) is 10.8. The SMILES string of the molecule is O=C(NCc1nncn1-c1ccccc1)[C@@H]1CCCO1. The van der Waals surface area contributed by atoms with E-state index in [0.717, 1.165) is 18.5 Å². The lowest BCUT2D eigenvalue weighted by molar-refractivity contribution is -0.130. The molecule has 104 valence electrons. The molecule has 2 heterocycles. The molecule has 1 N–H and O–H groups in total. The van der Waals surface area contributed by atoms with E-state index >= 15 is 0 Å². The number of carbonyl (C=O) groups excluding carboxylic acids is 1. The van der Waals surface area contributed by atoms with E-state index in [-0.39, 0.29) is 12.0 Å². The summed E-state index contributed by atoms with van der Waals surface area (Å²) in [5.74, 6) is 0.618. The minimum Gasteiger partial charge on any atom is -0.368 e. The van der Waals surface area contributed by atoms with E-state index in [9.17, 15) is 4.79 Å². The van der Waals surface area contributed by atoms with Gasteiger partial charge in [-0.25, -0.2) is 0 Å². The third-order valence-corrected chi connectivity index (χ3v) is 3.30. The minimum atomic E-state index is -0.317. The van der Waals surface area contributed by atoms with Crippen LogP contribution in [-0.4, -0.2) is 33.4 Å². The monoisotopic (exact) mass is 272 g/mol. The standard InChI is InChI=1S/C14H16N4O2/c19-14(12-7-4-8-20-12)15-9-13-17-16-10-18(13)11-5-2-1-3-6-11/h1-3,5-6,10,12H,4,7-9H2,(H,15,19)/t12-/m0/s1. The average molecular weight is 272 g/mol. The van der Waals surface area contributed by atoms with Crippen LogP contribution in [0.25, 0.3) is 5.69 Å². The van der Waals surface area contributed by atoms with E-state index < -0.39 is 0 Å². The second-order valence-electron chi connectivity index (χ2n) is 4.67. The first-order valence-electron chi connectivity index (χ1n) is 6.68. The number of aromatic nitrogens is 3. The van der Waals surface area contributed by atoms with Crippen molar-refractivity contribution in [2.45, 2.75) is 25.5 Å². The number of hydrogen-bond acceptors (Lipinski definition) is 4. The molecule has 1 fully saturated rings. The Morgan fingerprint density at radius 2 is 2.25 bits per heavy atom. The molecule has 3 rings (SSSR count). The molecule has 1 aromatic carbocycles. The zero-order valence-electron chi connectivity index (χ0n) is 11.0. The fourth-order valence-electron chi connectivity index (χ4n) is 2.25. The second kappa shape index (κ2) is 5.83. The van der Waals surface area contributed by atoms with Gasteiger partial charge in [-0.15, -0.1) is 10.2 Å². The van der Waals surface area contributed by atoms with Crippen LogP contribution in [0, 0.1) is 0 Å². The lowest BCUT2D eigenvalue weighted by atomic mass is 10.2. The van der Waals surface area contributed by atoms with Crippen molar-refractivity contribution in [3.8, 4) is 5.69 Å². The highest BCUT2D eigenvalue weighted by atomic mass is 16.5. The number of benzene rings is 1. The molecule has 1 saturated heterocycles. The van der Waals surface area contributed by atoms with Crippen LogP contribution in [-0.2, 0) is 16.1 Å². The Kier molecular flexibility index (Phi) is 3.73. The molecule has 1 aliphatic heterocycles. The maximum absolute atomic E-state index is 11.9. The van der Waals surface area contributed by atoms with Crippen LogP contribution in [0.1, 0.15) is 18.7 Å². The van der Waals surface area contributed by atoms with Gasteiger partial charge >= 0.3 is 0 Å². The van der Waals surface area contributed by atoms with E-state index in [1.807, 2.05) is 34.9 Å². The van der Waals surface area contributed by atoms with Crippen molar-refractivity contribution in [1.29, 1.82) is 0 Å². The lowest BCUT2D eigenvalue weighted by Gasteiger charge is -2.11. The Balaban J connectivity index is 1.66. The summed E-state index contributed by atoms with van der Waals surface area (Å²) < 4.78 is 7.20. The van der Waals surface area contributed by atoms with Crippen molar-refractivity contribution in [2.75, 3.05) is 6.61 Å². The number of para-hydroxylation sites is 1. The lowest BCUT2D eigenvalue weighted by Crippen LogP contribution is -2.34.